The van der Waals surface area contributed by atoms with Crippen molar-refractivity contribution in [2.75, 3.05) is 6.61 Å². The van der Waals surface area contributed by atoms with Gasteiger partial charge in [-0.1, -0.05) is 6.07 Å². The molecule has 33 heavy (non-hydrogen) atoms. The lowest BCUT2D eigenvalue weighted by atomic mass is 10.3. The van der Waals surface area contributed by atoms with Gasteiger partial charge in [-0.25, -0.2) is 14.2 Å². The maximum atomic E-state index is 13.9. The fourth-order valence-corrected chi connectivity index (χ4v) is 7.24. The number of rotatable bonds is 8. The Bertz CT molecular complexity index is 1310. The highest BCUT2D eigenvalue weighted by atomic mass is 79.9. The van der Waals surface area contributed by atoms with Gasteiger partial charge in [-0.2, -0.15) is 0 Å². The minimum absolute atomic E-state index is 0.203. The summed E-state index contributed by atoms with van der Waals surface area (Å²) in [6.45, 7) is 4.25. The van der Waals surface area contributed by atoms with Crippen LogP contribution in [0.15, 0.2) is 65.5 Å². The van der Waals surface area contributed by atoms with Crippen LogP contribution < -0.4 is 20.7 Å². The van der Waals surface area contributed by atoms with Gasteiger partial charge in [-0.15, -0.1) is 4.74 Å². The summed E-state index contributed by atoms with van der Waals surface area (Å²) in [5, 5.41) is -0.776. The summed E-state index contributed by atoms with van der Waals surface area (Å²) >= 11 is 7.63. The first kappa shape index (κ1) is 25.9. The molecule has 0 aliphatic rings. The second-order valence-electron chi connectivity index (χ2n) is 7.89. The van der Waals surface area contributed by atoms with E-state index in [1.54, 1.807) is 63.2 Å². The van der Waals surface area contributed by atoms with Gasteiger partial charge >= 0.3 is 18.0 Å². The Morgan fingerprint density at radius 3 is 2.39 bits per heavy atom. The van der Waals surface area contributed by atoms with E-state index < -0.39 is 23.2 Å². The monoisotopic (exact) mass is 620 g/mol. The van der Waals surface area contributed by atoms with Crippen molar-refractivity contribution in [1.29, 1.82) is 0 Å². The van der Waals surface area contributed by atoms with Crippen molar-refractivity contribution in [3.8, 4) is 17.2 Å². The molecule has 1 heterocycles. The van der Waals surface area contributed by atoms with Gasteiger partial charge in [0.2, 0.25) is 0 Å². The summed E-state index contributed by atoms with van der Waals surface area (Å²) in [6, 6.07) is 11.9. The topological polar surface area (TPSA) is 92.7 Å². The van der Waals surface area contributed by atoms with Crippen molar-refractivity contribution < 1.29 is 18.3 Å². The average Bonchev–Trinajstić information content (AvgIpc) is 3.02. The van der Waals surface area contributed by atoms with Crippen LogP contribution in [0, 0.1) is 0 Å². The first-order valence-electron chi connectivity index (χ1n) is 9.91. The van der Waals surface area contributed by atoms with Gasteiger partial charge in [-0.05, 0) is 101 Å². The quantitative estimate of drug-likeness (QED) is 0.273. The molecular formula is C21H23Br2N2O6PS. The van der Waals surface area contributed by atoms with Crippen LogP contribution in [0.2, 0.25) is 0 Å². The molecule has 1 aromatic heterocycles. The summed E-state index contributed by atoms with van der Waals surface area (Å²) in [6.07, 6.45) is 0. The van der Waals surface area contributed by atoms with Gasteiger partial charge in [0.25, 0.3) is 0 Å². The number of ether oxygens (including phenoxy) is 1. The predicted octanol–water partition coefficient (Wildman–Crippen LogP) is 6.28. The minimum atomic E-state index is -3.45. The van der Waals surface area contributed by atoms with Crippen LogP contribution >= 0.6 is 49.8 Å². The van der Waals surface area contributed by atoms with E-state index in [0.717, 1.165) is 25.2 Å². The van der Waals surface area contributed by atoms with Gasteiger partial charge in [0.15, 0.2) is 0 Å². The molecule has 0 radical (unpaired) electrons. The molecule has 1 unspecified atom stereocenters. The van der Waals surface area contributed by atoms with Crippen LogP contribution in [0.25, 0.3) is 5.69 Å². The predicted molar refractivity (Wildman–Crippen MR) is 137 cm³/mol. The zero-order valence-corrected chi connectivity index (χ0v) is 23.3. The largest absolute Gasteiger partial charge is 0.494 e. The van der Waals surface area contributed by atoms with Gasteiger partial charge in [-0.3, -0.25) is 4.57 Å². The Morgan fingerprint density at radius 1 is 1.06 bits per heavy atom. The summed E-state index contributed by atoms with van der Waals surface area (Å²) < 4.78 is 33.7. The molecule has 0 aliphatic heterocycles. The summed E-state index contributed by atoms with van der Waals surface area (Å²) in [7, 11) is 0. The zero-order chi connectivity index (χ0) is 24.4. The molecular weight excluding hydrogens is 599 g/mol. The fraction of sp³-hybridized carbons (Fsp3) is 0.333. The number of nitrogens with zero attached hydrogens (tertiary/aromatic N) is 2. The Balaban J connectivity index is 1.89. The molecule has 178 valence electrons. The molecule has 0 N–H and O–H groups in total. The number of benzene rings is 2. The van der Waals surface area contributed by atoms with Gasteiger partial charge < -0.3 is 13.8 Å². The van der Waals surface area contributed by atoms with Gasteiger partial charge in [0, 0.05) is 15.0 Å². The molecule has 3 rings (SSSR count). The molecule has 3 aromatic rings. The van der Waals surface area contributed by atoms with Crippen LogP contribution in [0.1, 0.15) is 27.7 Å². The zero-order valence-electron chi connectivity index (χ0n) is 18.4. The molecule has 0 saturated heterocycles. The van der Waals surface area contributed by atoms with Crippen molar-refractivity contribution in [2.24, 2.45) is 0 Å². The Hall–Kier alpha value is -1.68. The third-order valence-corrected chi connectivity index (χ3v) is 12.4. The Morgan fingerprint density at radius 2 is 1.76 bits per heavy atom. The lowest BCUT2D eigenvalue weighted by Crippen LogP contribution is -2.28. The van der Waals surface area contributed by atoms with Crippen molar-refractivity contribution in [3.05, 3.63) is 72.4 Å². The normalized spacial score (nSPS) is 13.5. The smallest absolute Gasteiger partial charge is 0.443 e. The highest BCUT2D eigenvalue weighted by Gasteiger charge is 2.41. The molecule has 12 heteroatoms. The lowest BCUT2D eigenvalue weighted by Gasteiger charge is -2.30. The SMILES string of the molecule is CCOc1cccc(OP(=O)(SCn2c(=O)on(-c3ccc(Br)c(Br)c3)c2=O)C(C)(C)C)c1. The third-order valence-electron chi connectivity index (χ3n) is 4.45. The van der Waals surface area contributed by atoms with E-state index >= 15 is 0 Å². The minimum Gasteiger partial charge on any atom is -0.494 e. The Labute approximate surface area is 211 Å². The molecule has 0 bridgehead atoms. The fourth-order valence-electron chi connectivity index (χ4n) is 2.65. The molecule has 0 amide bonds. The van der Waals surface area contributed by atoms with E-state index in [4.69, 9.17) is 13.8 Å². The molecule has 0 aliphatic carbocycles. The van der Waals surface area contributed by atoms with Crippen LogP contribution in [0.3, 0.4) is 0 Å². The maximum Gasteiger partial charge on any atom is 0.443 e. The van der Waals surface area contributed by atoms with E-state index in [-0.39, 0.29) is 5.88 Å². The standard InChI is InChI=1S/C21H23Br2N2O6PS/c1-5-29-15-7-6-8-16(12-15)31-32(28,21(2,3)4)33-13-24-19(26)25(30-20(24)27)14-9-10-17(22)18(23)11-14/h6-12H,5,13H2,1-4H3. The highest BCUT2D eigenvalue weighted by Crippen LogP contribution is 2.68. The van der Waals surface area contributed by atoms with Crippen LogP contribution in [0.4, 0.5) is 0 Å². The van der Waals surface area contributed by atoms with Gasteiger partial charge in [0.05, 0.1) is 23.3 Å². The van der Waals surface area contributed by atoms with Crippen LogP contribution in [-0.2, 0) is 10.4 Å². The molecule has 8 nitrogen and oxygen atoms in total. The molecule has 0 saturated carbocycles. The molecule has 1 atom stereocenters. The van der Waals surface area contributed by atoms with E-state index in [1.807, 2.05) is 6.92 Å². The van der Waals surface area contributed by atoms with Gasteiger partial charge in [0.1, 0.15) is 11.5 Å². The lowest BCUT2D eigenvalue weighted by molar-refractivity contribution is 0.312. The van der Waals surface area contributed by atoms with Crippen molar-refractivity contribution in [3.63, 3.8) is 0 Å². The Kier molecular flexibility index (Phi) is 8.09. The van der Waals surface area contributed by atoms with Crippen LogP contribution in [0.5, 0.6) is 11.5 Å². The number of aromatic nitrogens is 2. The van der Waals surface area contributed by atoms with E-state index in [9.17, 15) is 14.2 Å². The number of halogens is 2. The van der Waals surface area contributed by atoms with Crippen LogP contribution in [-0.4, -0.2) is 21.1 Å². The molecule has 0 fully saturated rings. The third kappa shape index (κ3) is 5.88. The number of hydrogen-bond acceptors (Lipinski definition) is 7. The average molecular weight is 622 g/mol. The molecule has 2 aromatic carbocycles. The van der Waals surface area contributed by atoms with E-state index in [0.29, 0.717) is 28.3 Å². The van der Waals surface area contributed by atoms with Crippen molar-refractivity contribution >= 4 is 49.8 Å². The summed E-state index contributed by atoms with van der Waals surface area (Å²) in [5.41, 5.74) is -0.306. The van der Waals surface area contributed by atoms with E-state index in [1.165, 1.54) is 0 Å². The van der Waals surface area contributed by atoms with Crippen molar-refractivity contribution in [2.45, 2.75) is 38.7 Å². The molecule has 0 spiro atoms. The first-order valence-corrected chi connectivity index (χ1v) is 14.7. The second-order valence-corrected chi connectivity index (χ2v) is 14.8. The van der Waals surface area contributed by atoms with Crippen molar-refractivity contribution in [1.82, 2.24) is 9.31 Å². The summed E-state index contributed by atoms with van der Waals surface area (Å²) in [5.74, 6) is -0.0882. The highest BCUT2D eigenvalue weighted by molar-refractivity contribution is 9.13. The first-order chi connectivity index (χ1) is 15.4. The maximum absolute atomic E-state index is 13.9. The number of hydrogen-bond donors (Lipinski definition) is 0. The summed E-state index contributed by atoms with van der Waals surface area (Å²) in [4.78, 5) is 25.3. The van der Waals surface area contributed by atoms with E-state index in [2.05, 4.69) is 31.9 Å². The second kappa shape index (κ2) is 10.3.